The molecule has 0 unspecified atom stereocenters. The molecule has 1 aromatic rings. The van der Waals surface area contributed by atoms with Crippen LogP contribution in [0.1, 0.15) is 31.7 Å². The van der Waals surface area contributed by atoms with Crippen molar-refractivity contribution in [2.45, 2.75) is 32.6 Å². The van der Waals surface area contributed by atoms with Crippen LogP contribution >= 0.6 is 15.9 Å². The summed E-state index contributed by atoms with van der Waals surface area (Å²) >= 11 is 3.15. The summed E-state index contributed by atoms with van der Waals surface area (Å²) in [7, 11) is 0. The summed E-state index contributed by atoms with van der Waals surface area (Å²) in [5.74, 6) is -0.165. The van der Waals surface area contributed by atoms with Crippen LogP contribution in [0.2, 0.25) is 0 Å². The molecule has 1 N–H and O–H groups in total. The highest BCUT2D eigenvalue weighted by Crippen LogP contribution is 2.17. The zero-order valence-electron chi connectivity index (χ0n) is 9.73. The zero-order valence-corrected chi connectivity index (χ0v) is 11.3. The minimum Gasteiger partial charge on any atom is -0.317 e. The van der Waals surface area contributed by atoms with Crippen molar-refractivity contribution < 1.29 is 4.39 Å². The second kappa shape index (κ2) is 7.80. The topological polar surface area (TPSA) is 12.0 Å². The van der Waals surface area contributed by atoms with Gasteiger partial charge in [-0.15, -0.1) is 0 Å². The van der Waals surface area contributed by atoms with E-state index >= 15 is 0 Å². The van der Waals surface area contributed by atoms with Crippen LogP contribution in [0, 0.1) is 5.82 Å². The number of rotatable bonds is 7. The Labute approximate surface area is 106 Å². The smallest absolute Gasteiger partial charge is 0.137 e. The molecule has 0 amide bonds. The molecule has 0 radical (unpaired) electrons. The van der Waals surface area contributed by atoms with Crippen LogP contribution < -0.4 is 5.32 Å². The fraction of sp³-hybridized carbons (Fsp3) is 0.538. The van der Waals surface area contributed by atoms with Gasteiger partial charge >= 0.3 is 0 Å². The predicted octanol–water partition coefficient (Wildman–Crippen LogP) is 3.91. The van der Waals surface area contributed by atoms with Crippen LogP contribution in [-0.2, 0) is 6.42 Å². The van der Waals surface area contributed by atoms with Crippen LogP contribution in [0.3, 0.4) is 0 Å². The second-order valence-corrected chi connectivity index (χ2v) is 4.81. The molecule has 0 atom stereocenters. The highest BCUT2D eigenvalue weighted by Gasteiger charge is 2.00. The lowest BCUT2D eigenvalue weighted by Gasteiger charge is -2.04. The monoisotopic (exact) mass is 287 g/mol. The number of hydrogen-bond donors (Lipinski definition) is 1. The highest BCUT2D eigenvalue weighted by atomic mass is 79.9. The molecule has 0 heterocycles. The molecule has 0 spiro atoms. The van der Waals surface area contributed by atoms with Gasteiger partial charge < -0.3 is 5.32 Å². The first-order chi connectivity index (χ1) is 7.74. The minimum absolute atomic E-state index is 0.165. The maximum absolute atomic E-state index is 13.2. The molecule has 0 aliphatic rings. The number of unbranched alkanes of at least 4 members (excludes halogenated alkanes) is 1. The maximum Gasteiger partial charge on any atom is 0.137 e. The van der Waals surface area contributed by atoms with Gasteiger partial charge in [0.1, 0.15) is 5.82 Å². The molecule has 0 bridgehead atoms. The highest BCUT2D eigenvalue weighted by molar-refractivity contribution is 9.10. The van der Waals surface area contributed by atoms with Crippen molar-refractivity contribution in [2.24, 2.45) is 0 Å². The minimum atomic E-state index is -0.165. The van der Waals surface area contributed by atoms with Crippen LogP contribution in [0.5, 0.6) is 0 Å². The Morgan fingerprint density at radius 1 is 1.25 bits per heavy atom. The quantitative estimate of drug-likeness (QED) is 0.750. The van der Waals surface area contributed by atoms with Gasteiger partial charge in [0.2, 0.25) is 0 Å². The van der Waals surface area contributed by atoms with Crippen LogP contribution in [0.25, 0.3) is 0 Å². The van der Waals surface area contributed by atoms with Gasteiger partial charge in [-0.1, -0.05) is 13.0 Å². The van der Waals surface area contributed by atoms with Crippen molar-refractivity contribution >= 4 is 15.9 Å². The van der Waals surface area contributed by atoms with Gasteiger partial charge in [-0.3, -0.25) is 0 Å². The number of aryl methyl sites for hydroxylation is 1. The van der Waals surface area contributed by atoms with Gasteiger partial charge in [0.15, 0.2) is 0 Å². The van der Waals surface area contributed by atoms with E-state index in [-0.39, 0.29) is 5.82 Å². The van der Waals surface area contributed by atoms with E-state index in [9.17, 15) is 4.39 Å². The molecule has 16 heavy (non-hydrogen) atoms. The van der Waals surface area contributed by atoms with Gasteiger partial charge in [0, 0.05) is 0 Å². The predicted molar refractivity (Wildman–Crippen MR) is 70.2 cm³/mol. The molecule has 1 rings (SSSR count). The third-order valence-electron chi connectivity index (χ3n) is 2.48. The van der Waals surface area contributed by atoms with Crippen molar-refractivity contribution in [2.75, 3.05) is 13.1 Å². The Morgan fingerprint density at radius 2 is 2.06 bits per heavy atom. The average molecular weight is 288 g/mol. The van der Waals surface area contributed by atoms with E-state index < -0.39 is 0 Å². The number of halogens is 2. The van der Waals surface area contributed by atoms with Gasteiger partial charge in [0.05, 0.1) is 4.47 Å². The lowest BCUT2D eigenvalue weighted by atomic mass is 10.1. The summed E-state index contributed by atoms with van der Waals surface area (Å²) < 4.78 is 13.7. The van der Waals surface area contributed by atoms with Gasteiger partial charge in [0.25, 0.3) is 0 Å². The molecular formula is C13H19BrFN. The van der Waals surface area contributed by atoms with E-state index in [1.807, 2.05) is 6.07 Å². The zero-order chi connectivity index (χ0) is 11.8. The first-order valence-corrected chi connectivity index (χ1v) is 6.68. The third kappa shape index (κ3) is 5.08. The normalized spacial score (nSPS) is 10.7. The van der Waals surface area contributed by atoms with Crippen LogP contribution in [0.4, 0.5) is 4.39 Å². The Morgan fingerprint density at radius 3 is 2.75 bits per heavy atom. The van der Waals surface area contributed by atoms with Gasteiger partial charge in [-0.2, -0.15) is 0 Å². The number of benzene rings is 1. The Balaban J connectivity index is 2.19. The molecule has 1 nitrogen and oxygen atoms in total. The third-order valence-corrected chi connectivity index (χ3v) is 3.12. The summed E-state index contributed by atoms with van der Waals surface area (Å²) in [6.45, 7) is 4.32. The molecule has 90 valence electrons. The lowest BCUT2D eigenvalue weighted by Crippen LogP contribution is -2.15. The molecule has 0 aromatic heterocycles. The Bertz CT molecular complexity index is 315. The summed E-state index contributed by atoms with van der Waals surface area (Å²) in [5, 5.41) is 3.36. The van der Waals surface area contributed by atoms with Crippen LogP contribution in [-0.4, -0.2) is 13.1 Å². The Hall–Kier alpha value is -0.410. The van der Waals surface area contributed by atoms with Crippen molar-refractivity contribution in [3.05, 3.63) is 34.1 Å². The molecule has 3 heteroatoms. The molecular weight excluding hydrogens is 269 g/mol. The average Bonchev–Trinajstić information content (AvgIpc) is 2.28. The van der Waals surface area contributed by atoms with E-state index in [2.05, 4.69) is 28.2 Å². The lowest BCUT2D eigenvalue weighted by molar-refractivity contribution is 0.607. The standard InChI is InChI=1S/C13H19BrFN/c1-2-8-16-9-4-3-5-11-6-7-12(14)13(15)10-11/h6-7,10,16H,2-5,8-9H2,1H3. The van der Waals surface area contributed by atoms with E-state index in [1.54, 1.807) is 12.1 Å². The maximum atomic E-state index is 13.2. The molecule has 0 saturated carbocycles. The van der Waals surface area contributed by atoms with E-state index in [4.69, 9.17) is 0 Å². The van der Waals surface area contributed by atoms with Crippen molar-refractivity contribution in [3.63, 3.8) is 0 Å². The van der Waals surface area contributed by atoms with Crippen molar-refractivity contribution in [1.82, 2.24) is 5.32 Å². The summed E-state index contributed by atoms with van der Waals surface area (Å²) in [4.78, 5) is 0. The molecule has 0 aliphatic heterocycles. The second-order valence-electron chi connectivity index (χ2n) is 3.96. The largest absolute Gasteiger partial charge is 0.317 e. The molecule has 0 saturated heterocycles. The van der Waals surface area contributed by atoms with Gasteiger partial charge in [-0.25, -0.2) is 4.39 Å². The van der Waals surface area contributed by atoms with E-state index in [1.165, 1.54) is 6.42 Å². The summed E-state index contributed by atoms with van der Waals surface area (Å²) in [6.07, 6.45) is 4.39. The Kier molecular flexibility index (Phi) is 6.65. The van der Waals surface area contributed by atoms with Crippen molar-refractivity contribution in [3.8, 4) is 0 Å². The van der Waals surface area contributed by atoms with Crippen molar-refractivity contribution in [1.29, 1.82) is 0 Å². The molecule has 0 aliphatic carbocycles. The first kappa shape index (κ1) is 13.7. The van der Waals surface area contributed by atoms with E-state index in [0.29, 0.717) is 4.47 Å². The number of hydrogen-bond acceptors (Lipinski definition) is 1. The van der Waals surface area contributed by atoms with Crippen LogP contribution in [0.15, 0.2) is 22.7 Å². The molecule has 1 aromatic carbocycles. The summed E-state index contributed by atoms with van der Waals surface area (Å²) in [6, 6.07) is 5.37. The SMILES string of the molecule is CCCNCCCCc1ccc(Br)c(F)c1. The number of nitrogens with one attached hydrogen (secondary N) is 1. The summed E-state index contributed by atoms with van der Waals surface area (Å²) in [5.41, 5.74) is 1.08. The van der Waals surface area contributed by atoms with E-state index in [0.717, 1.165) is 37.9 Å². The fourth-order valence-corrected chi connectivity index (χ4v) is 1.82. The fourth-order valence-electron chi connectivity index (χ4n) is 1.58. The molecule has 0 fully saturated rings. The van der Waals surface area contributed by atoms with Gasteiger partial charge in [-0.05, 0) is 72.4 Å². The first-order valence-electron chi connectivity index (χ1n) is 5.88.